The van der Waals surface area contributed by atoms with Crippen LogP contribution in [0.15, 0.2) is 66.7 Å². The van der Waals surface area contributed by atoms with Crippen LogP contribution in [0.2, 0.25) is 0 Å². The lowest BCUT2D eigenvalue weighted by Gasteiger charge is -2.11. The Bertz CT molecular complexity index is 913. The molecule has 3 aromatic carbocycles. The molecule has 0 N–H and O–H groups in total. The molecule has 0 bridgehead atoms. The van der Waals surface area contributed by atoms with E-state index in [0.29, 0.717) is 11.1 Å². The minimum atomic E-state index is -4.92. The van der Waals surface area contributed by atoms with Gasteiger partial charge in [0.2, 0.25) is 0 Å². The number of hydrogen-bond acceptors (Lipinski definition) is 1. The van der Waals surface area contributed by atoms with Crippen LogP contribution >= 0.6 is 0 Å². The normalized spacial score (nSPS) is 11.5. The number of hydrogen-bond donors (Lipinski definition) is 0. The first-order valence-electron chi connectivity index (χ1n) is 9.11. The highest BCUT2D eigenvalue weighted by Crippen LogP contribution is 2.31. The van der Waals surface area contributed by atoms with Crippen LogP contribution in [0, 0.1) is 5.82 Å². The third kappa shape index (κ3) is 5.12. The van der Waals surface area contributed by atoms with Gasteiger partial charge in [-0.15, -0.1) is 13.2 Å². The maximum absolute atomic E-state index is 13.9. The zero-order valence-electron chi connectivity index (χ0n) is 15.4. The van der Waals surface area contributed by atoms with Crippen molar-refractivity contribution in [2.75, 3.05) is 0 Å². The van der Waals surface area contributed by atoms with Crippen molar-refractivity contribution in [2.45, 2.75) is 32.5 Å². The first kappa shape index (κ1) is 19.9. The van der Waals surface area contributed by atoms with E-state index in [1.807, 2.05) is 24.3 Å². The minimum absolute atomic E-state index is 0.480. The fourth-order valence-corrected chi connectivity index (χ4v) is 2.99. The van der Waals surface area contributed by atoms with Crippen molar-refractivity contribution < 1.29 is 22.3 Å². The molecule has 5 heteroatoms. The minimum Gasteiger partial charge on any atom is -0.403 e. The quantitative estimate of drug-likeness (QED) is 0.400. The van der Waals surface area contributed by atoms with Gasteiger partial charge in [0, 0.05) is 0 Å². The second kappa shape index (κ2) is 8.46. The Labute approximate surface area is 161 Å². The molecule has 0 saturated carbocycles. The van der Waals surface area contributed by atoms with E-state index in [1.165, 1.54) is 11.6 Å². The van der Waals surface area contributed by atoms with Crippen LogP contribution < -0.4 is 4.74 Å². The van der Waals surface area contributed by atoms with Gasteiger partial charge in [0.25, 0.3) is 0 Å². The van der Waals surface area contributed by atoms with E-state index in [4.69, 9.17) is 0 Å². The first-order valence-corrected chi connectivity index (χ1v) is 9.11. The number of alkyl halides is 3. The van der Waals surface area contributed by atoms with Crippen molar-refractivity contribution in [3.8, 4) is 28.0 Å². The largest absolute Gasteiger partial charge is 0.573 e. The molecule has 0 fully saturated rings. The average Bonchev–Trinajstić information content (AvgIpc) is 2.67. The zero-order chi connectivity index (χ0) is 20.1. The van der Waals surface area contributed by atoms with Gasteiger partial charge in [-0.25, -0.2) is 4.39 Å². The lowest BCUT2D eigenvalue weighted by atomic mass is 9.98. The molecule has 0 amide bonds. The Balaban J connectivity index is 1.76. The Kier molecular flexibility index (Phi) is 6.02. The SMILES string of the molecule is CCCCc1ccc(-c2ccc(-c3ccc(OC(F)(F)F)c(F)c3)cc2)cc1. The van der Waals surface area contributed by atoms with E-state index < -0.39 is 17.9 Å². The number of ether oxygens (including phenoxy) is 1. The molecule has 0 atom stereocenters. The van der Waals surface area contributed by atoms with E-state index in [1.54, 1.807) is 0 Å². The molecule has 28 heavy (non-hydrogen) atoms. The standard InChI is InChI=1S/C23H20F4O/c1-2-3-4-16-5-7-17(8-6-16)18-9-11-19(12-10-18)20-13-14-22(21(24)15-20)28-23(25,26)27/h5-15H,2-4H2,1H3. The molecular formula is C23H20F4O. The van der Waals surface area contributed by atoms with Gasteiger partial charge in [-0.1, -0.05) is 67.9 Å². The van der Waals surface area contributed by atoms with Gasteiger partial charge < -0.3 is 4.74 Å². The summed E-state index contributed by atoms with van der Waals surface area (Å²) in [5.74, 6) is -1.89. The second-order valence-electron chi connectivity index (χ2n) is 6.57. The van der Waals surface area contributed by atoms with E-state index in [0.717, 1.165) is 42.5 Å². The summed E-state index contributed by atoms with van der Waals surface area (Å²) in [6.45, 7) is 2.17. The highest BCUT2D eigenvalue weighted by molar-refractivity contribution is 5.71. The van der Waals surface area contributed by atoms with E-state index >= 15 is 0 Å². The van der Waals surface area contributed by atoms with E-state index in [2.05, 4.69) is 35.9 Å². The Morgan fingerprint density at radius 3 is 1.75 bits per heavy atom. The molecule has 0 aliphatic heterocycles. The van der Waals surface area contributed by atoms with Crippen LogP contribution in [-0.4, -0.2) is 6.36 Å². The summed E-state index contributed by atoms with van der Waals surface area (Å²) in [5.41, 5.74) is 4.59. The lowest BCUT2D eigenvalue weighted by molar-refractivity contribution is -0.275. The predicted molar refractivity (Wildman–Crippen MR) is 103 cm³/mol. The van der Waals surface area contributed by atoms with E-state index in [-0.39, 0.29) is 0 Å². The molecule has 0 heterocycles. The second-order valence-corrected chi connectivity index (χ2v) is 6.57. The Hall–Kier alpha value is -2.82. The van der Waals surface area contributed by atoms with Crippen molar-refractivity contribution in [1.29, 1.82) is 0 Å². The maximum atomic E-state index is 13.9. The van der Waals surface area contributed by atoms with Crippen LogP contribution in [0.4, 0.5) is 17.6 Å². The van der Waals surface area contributed by atoms with Crippen LogP contribution in [0.1, 0.15) is 25.3 Å². The average molecular weight is 388 g/mol. The third-order valence-corrected chi connectivity index (χ3v) is 4.48. The van der Waals surface area contributed by atoms with Gasteiger partial charge in [-0.05, 0) is 52.8 Å². The monoisotopic (exact) mass is 388 g/mol. The third-order valence-electron chi connectivity index (χ3n) is 4.48. The van der Waals surface area contributed by atoms with Crippen molar-refractivity contribution in [1.82, 2.24) is 0 Å². The predicted octanol–water partition coefficient (Wildman–Crippen LogP) is 7.40. The van der Waals surface area contributed by atoms with Crippen molar-refractivity contribution >= 4 is 0 Å². The topological polar surface area (TPSA) is 9.23 Å². The number of halogens is 4. The zero-order valence-corrected chi connectivity index (χ0v) is 15.4. The summed E-state index contributed by atoms with van der Waals surface area (Å²) < 4.78 is 54.3. The van der Waals surface area contributed by atoms with Crippen LogP contribution in [0.25, 0.3) is 22.3 Å². The fourth-order valence-electron chi connectivity index (χ4n) is 2.99. The van der Waals surface area contributed by atoms with Gasteiger partial charge >= 0.3 is 6.36 Å². The summed E-state index contributed by atoms with van der Waals surface area (Å²) in [6, 6.07) is 19.3. The molecule has 0 aliphatic rings. The van der Waals surface area contributed by atoms with Gasteiger partial charge in [0.15, 0.2) is 11.6 Å². The van der Waals surface area contributed by atoms with Crippen molar-refractivity contribution in [3.05, 3.63) is 78.1 Å². The van der Waals surface area contributed by atoms with Crippen molar-refractivity contribution in [3.63, 3.8) is 0 Å². The first-order chi connectivity index (χ1) is 13.4. The maximum Gasteiger partial charge on any atom is 0.573 e. The number of benzene rings is 3. The van der Waals surface area contributed by atoms with Crippen LogP contribution in [0.5, 0.6) is 5.75 Å². The highest BCUT2D eigenvalue weighted by Gasteiger charge is 2.32. The van der Waals surface area contributed by atoms with Gasteiger partial charge in [-0.2, -0.15) is 0 Å². The molecule has 0 spiro atoms. The number of unbranched alkanes of at least 4 members (excludes halogenated alkanes) is 1. The summed E-state index contributed by atoms with van der Waals surface area (Å²) in [6.07, 6.45) is -1.53. The molecule has 1 nitrogen and oxygen atoms in total. The fraction of sp³-hybridized carbons (Fsp3) is 0.217. The van der Waals surface area contributed by atoms with Gasteiger partial charge in [0.1, 0.15) is 0 Å². The number of aryl methyl sites for hydroxylation is 1. The van der Waals surface area contributed by atoms with Crippen molar-refractivity contribution in [2.24, 2.45) is 0 Å². The van der Waals surface area contributed by atoms with Crippen LogP contribution in [-0.2, 0) is 6.42 Å². The molecule has 0 unspecified atom stereocenters. The molecule has 0 radical (unpaired) electrons. The highest BCUT2D eigenvalue weighted by atomic mass is 19.4. The summed E-state index contributed by atoms with van der Waals surface area (Å²) in [5, 5.41) is 0. The number of rotatable bonds is 6. The summed E-state index contributed by atoms with van der Waals surface area (Å²) in [4.78, 5) is 0. The molecule has 3 aromatic rings. The molecule has 3 rings (SSSR count). The summed E-state index contributed by atoms with van der Waals surface area (Å²) >= 11 is 0. The lowest BCUT2D eigenvalue weighted by Crippen LogP contribution is -2.17. The molecule has 146 valence electrons. The Morgan fingerprint density at radius 1 is 0.750 bits per heavy atom. The molecule has 0 aliphatic carbocycles. The van der Waals surface area contributed by atoms with E-state index in [9.17, 15) is 17.6 Å². The van der Waals surface area contributed by atoms with Gasteiger partial charge in [-0.3, -0.25) is 0 Å². The summed E-state index contributed by atoms with van der Waals surface area (Å²) in [7, 11) is 0. The Morgan fingerprint density at radius 2 is 1.25 bits per heavy atom. The molecule has 0 saturated heterocycles. The smallest absolute Gasteiger partial charge is 0.403 e. The molecule has 0 aromatic heterocycles. The molecular weight excluding hydrogens is 368 g/mol. The van der Waals surface area contributed by atoms with Gasteiger partial charge in [0.05, 0.1) is 0 Å². The van der Waals surface area contributed by atoms with Crippen LogP contribution in [0.3, 0.4) is 0 Å².